The molecule has 5 nitrogen and oxygen atoms in total. The van der Waals surface area contributed by atoms with Crippen LogP contribution in [0.1, 0.15) is 44.7 Å². The highest BCUT2D eigenvalue weighted by molar-refractivity contribution is 9.10. The summed E-state index contributed by atoms with van der Waals surface area (Å²) in [7, 11) is 0. The lowest BCUT2D eigenvalue weighted by molar-refractivity contribution is -0.143. The van der Waals surface area contributed by atoms with Gasteiger partial charge < -0.3 is 15.0 Å². The SMILES string of the molecule is CCCNC(=O)[C@H](CC)N(Cc1ccccc1)C(=O)COc1ccc(CC)cc1Br. The highest BCUT2D eigenvalue weighted by Gasteiger charge is 2.28. The van der Waals surface area contributed by atoms with Crippen molar-refractivity contribution in [3.8, 4) is 5.75 Å². The van der Waals surface area contributed by atoms with Gasteiger partial charge in [0.05, 0.1) is 4.47 Å². The van der Waals surface area contributed by atoms with E-state index in [1.165, 1.54) is 5.56 Å². The molecule has 2 rings (SSSR count). The number of ether oxygens (including phenoxy) is 1. The van der Waals surface area contributed by atoms with Gasteiger partial charge in [0.2, 0.25) is 5.91 Å². The van der Waals surface area contributed by atoms with Crippen LogP contribution in [0.4, 0.5) is 0 Å². The molecule has 2 aromatic carbocycles. The molecule has 2 amide bonds. The second-order valence-corrected chi connectivity index (χ2v) is 7.98. The zero-order chi connectivity index (χ0) is 21.9. The molecule has 0 radical (unpaired) electrons. The third kappa shape index (κ3) is 6.87. The van der Waals surface area contributed by atoms with Gasteiger partial charge in [-0.15, -0.1) is 0 Å². The summed E-state index contributed by atoms with van der Waals surface area (Å²) in [4.78, 5) is 27.5. The second kappa shape index (κ2) is 12.4. The number of nitrogens with one attached hydrogen (secondary N) is 1. The Hall–Kier alpha value is -2.34. The van der Waals surface area contributed by atoms with Gasteiger partial charge in [0.15, 0.2) is 6.61 Å². The number of carbonyl (C=O) groups excluding carboxylic acids is 2. The molecule has 0 aliphatic carbocycles. The average Bonchev–Trinajstić information content (AvgIpc) is 2.77. The minimum absolute atomic E-state index is 0.128. The lowest BCUT2D eigenvalue weighted by atomic mass is 10.1. The monoisotopic (exact) mass is 474 g/mol. The fraction of sp³-hybridized carbons (Fsp3) is 0.417. The van der Waals surface area contributed by atoms with Crippen LogP contribution in [0.15, 0.2) is 53.0 Å². The molecule has 30 heavy (non-hydrogen) atoms. The maximum Gasteiger partial charge on any atom is 0.261 e. The average molecular weight is 475 g/mol. The van der Waals surface area contributed by atoms with E-state index in [1.54, 1.807) is 4.90 Å². The number of hydrogen-bond donors (Lipinski definition) is 1. The number of aryl methyl sites for hydroxylation is 1. The van der Waals surface area contributed by atoms with Crippen LogP contribution in [0.3, 0.4) is 0 Å². The van der Waals surface area contributed by atoms with Crippen molar-refractivity contribution in [2.75, 3.05) is 13.2 Å². The minimum Gasteiger partial charge on any atom is -0.483 e. The third-order valence-corrected chi connectivity index (χ3v) is 5.51. The minimum atomic E-state index is -0.543. The van der Waals surface area contributed by atoms with Crippen LogP contribution >= 0.6 is 15.9 Å². The molecule has 0 unspecified atom stereocenters. The number of carbonyl (C=O) groups is 2. The van der Waals surface area contributed by atoms with Crippen molar-refractivity contribution in [2.24, 2.45) is 0 Å². The number of hydrogen-bond acceptors (Lipinski definition) is 3. The Morgan fingerprint density at radius 3 is 2.40 bits per heavy atom. The van der Waals surface area contributed by atoms with Crippen LogP contribution in [0.25, 0.3) is 0 Å². The Morgan fingerprint density at radius 2 is 1.80 bits per heavy atom. The Morgan fingerprint density at radius 1 is 1.07 bits per heavy atom. The molecule has 2 aromatic rings. The summed E-state index contributed by atoms with van der Waals surface area (Å²) in [5, 5.41) is 2.92. The molecule has 0 fully saturated rings. The Bertz CT molecular complexity index is 826. The lowest BCUT2D eigenvalue weighted by Crippen LogP contribution is -2.50. The molecular formula is C24H31BrN2O3. The van der Waals surface area contributed by atoms with Gasteiger partial charge in [0, 0.05) is 13.1 Å². The predicted molar refractivity (Wildman–Crippen MR) is 123 cm³/mol. The second-order valence-electron chi connectivity index (χ2n) is 7.13. The first-order chi connectivity index (χ1) is 14.5. The van der Waals surface area contributed by atoms with Gasteiger partial charge in [-0.05, 0) is 58.5 Å². The molecule has 0 bridgehead atoms. The zero-order valence-corrected chi connectivity index (χ0v) is 19.6. The van der Waals surface area contributed by atoms with Gasteiger partial charge in [-0.1, -0.05) is 57.2 Å². The summed E-state index contributed by atoms with van der Waals surface area (Å²) in [5.74, 6) is 0.268. The summed E-state index contributed by atoms with van der Waals surface area (Å²) in [6, 6.07) is 15.0. The summed E-state index contributed by atoms with van der Waals surface area (Å²) < 4.78 is 6.62. The van der Waals surface area contributed by atoms with Gasteiger partial charge in [0.25, 0.3) is 5.91 Å². The Kier molecular flexibility index (Phi) is 9.87. The predicted octanol–water partition coefficient (Wildman–Crippen LogP) is 4.72. The van der Waals surface area contributed by atoms with E-state index < -0.39 is 6.04 Å². The fourth-order valence-electron chi connectivity index (χ4n) is 3.17. The lowest BCUT2D eigenvalue weighted by Gasteiger charge is -2.30. The van der Waals surface area contributed by atoms with Crippen molar-refractivity contribution in [1.82, 2.24) is 10.2 Å². The van der Waals surface area contributed by atoms with Gasteiger partial charge in [0.1, 0.15) is 11.8 Å². The molecule has 0 saturated carbocycles. The van der Waals surface area contributed by atoms with Crippen LogP contribution in [-0.2, 0) is 22.6 Å². The van der Waals surface area contributed by atoms with Crippen molar-refractivity contribution in [3.05, 3.63) is 64.1 Å². The van der Waals surface area contributed by atoms with Gasteiger partial charge >= 0.3 is 0 Å². The maximum atomic E-state index is 13.1. The molecular weight excluding hydrogens is 444 g/mol. The van der Waals surface area contributed by atoms with Crippen LogP contribution in [0.2, 0.25) is 0 Å². The smallest absolute Gasteiger partial charge is 0.261 e. The van der Waals surface area contributed by atoms with Gasteiger partial charge in [-0.25, -0.2) is 0 Å². The Balaban J connectivity index is 2.17. The highest BCUT2D eigenvalue weighted by atomic mass is 79.9. The van der Waals surface area contributed by atoms with Crippen molar-refractivity contribution in [3.63, 3.8) is 0 Å². The van der Waals surface area contributed by atoms with Crippen molar-refractivity contribution in [1.29, 1.82) is 0 Å². The van der Waals surface area contributed by atoms with Crippen LogP contribution in [-0.4, -0.2) is 35.9 Å². The molecule has 0 aromatic heterocycles. The molecule has 0 aliphatic rings. The number of rotatable bonds is 11. The standard InChI is InChI=1S/C24H31BrN2O3/c1-4-14-26-24(29)21(6-3)27(16-19-10-8-7-9-11-19)23(28)17-30-22-13-12-18(5-2)15-20(22)25/h7-13,15,21H,4-6,14,16-17H2,1-3H3,(H,26,29)/t21-/m0/s1. The highest BCUT2D eigenvalue weighted by Crippen LogP contribution is 2.26. The molecule has 1 atom stereocenters. The largest absolute Gasteiger partial charge is 0.483 e. The first kappa shape index (κ1) is 23.9. The van der Waals surface area contributed by atoms with Crippen molar-refractivity contribution < 1.29 is 14.3 Å². The van der Waals surface area contributed by atoms with E-state index >= 15 is 0 Å². The molecule has 0 spiro atoms. The van der Waals surface area contributed by atoms with E-state index in [2.05, 4.69) is 28.2 Å². The number of halogens is 1. The molecule has 1 N–H and O–H groups in total. The topological polar surface area (TPSA) is 58.6 Å². The molecule has 0 aliphatic heterocycles. The summed E-state index contributed by atoms with van der Waals surface area (Å²) >= 11 is 3.51. The third-order valence-electron chi connectivity index (χ3n) is 4.89. The Labute approximate surface area is 187 Å². The van der Waals surface area contributed by atoms with E-state index in [0.29, 0.717) is 25.3 Å². The van der Waals surface area contributed by atoms with E-state index in [0.717, 1.165) is 22.9 Å². The quantitative estimate of drug-likeness (QED) is 0.512. The first-order valence-electron chi connectivity index (χ1n) is 10.5. The summed E-state index contributed by atoms with van der Waals surface area (Å²) in [6.45, 7) is 6.83. The normalized spacial score (nSPS) is 11.6. The molecule has 162 valence electrons. The van der Waals surface area contributed by atoms with E-state index in [9.17, 15) is 9.59 Å². The van der Waals surface area contributed by atoms with Crippen LogP contribution < -0.4 is 10.1 Å². The van der Waals surface area contributed by atoms with Crippen molar-refractivity contribution in [2.45, 2.75) is 52.6 Å². The van der Waals surface area contributed by atoms with Gasteiger partial charge in [-0.3, -0.25) is 9.59 Å². The van der Waals surface area contributed by atoms with Crippen molar-refractivity contribution >= 4 is 27.7 Å². The van der Waals surface area contributed by atoms with Crippen LogP contribution in [0, 0.1) is 0 Å². The molecule has 6 heteroatoms. The zero-order valence-electron chi connectivity index (χ0n) is 18.0. The van der Waals surface area contributed by atoms with Crippen LogP contribution in [0.5, 0.6) is 5.75 Å². The number of benzene rings is 2. The summed E-state index contributed by atoms with van der Waals surface area (Å²) in [5.41, 5.74) is 2.16. The molecule has 0 saturated heterocycles. The van der Waals surface area contributed by atoms with E-state index in [4.69, 9.17) is 4.74 Å². The number of nitrogens with zero attached hydrogens (tertiary/aromatic N) is 1. The number of amides is 2. The summed E-state index contributed by atoms with van der Waals surface area (Å²) in [6.07, 6.45) is 2.30. The van der Waals surface area contributed by atoms with E-state index in [1.807, 2.05) is 62.4 Å². The van der Waals surface area contributed by atoms with Gasteiger partial charge in [-0.2, -0.15) is 0 Å². The maximum absolute atomic E-state index is 13.1. The molecule has 0 heterocycles. The van der Waals surface area contributed by atoms with E-state index in [-0.39, 0.29) is 18.4 Å². The fourth-order valence-corrected chi connectivity index (χ4v) is 3.71. The first-order valence-corrected chi connectivity index (χ1v) is 11.3.